The van der Waals surface area contributed by atoms with Crippen LogP contribution in [0.15, 0.2) is 29.8 Å². The molecule has 1 aromatic carbocycles. The van der Waals surface area contributed by atoms with E-state index < -0.39 is 11.2 Å². The molecule has 1 N–H and O–H groups in total. The maximum atomic E-state index is 12.7. The Morgan fingerprint density at radius 1 is 1.21 bits per heavy atom. The molecule has 3 atom stereocenters. The summed E-state index contributed by atoms with van der Waals surface area (Å²) in [7, 11) is 1.59. The van der Waals surface area contributed by atoms with Gasteiger partial charge in [0.2, 0.25) is 0 Å². The Hall–Kier alpha value is -2.74. The van der Waals surface area contributed by atoms with Crippen molar-refractivity contribution in [2.45, 2.75) is 91.0 Å². The van der Waals surface area contributed by atoms with Gasteiger partial charge in [0.25, 0.3) is 5.91 Å². The first-order chi connectivity index (χ1) is 18.3. The summed E-state index contributed by atoms with van der Waals surface area (Å²) in [5.41, 5.74) is 1.41. The third-order valence-electron chi connectivity index (χ3n) is 8.32. The lowest BCUT2D eigenvalue weighted by Gasteiger charge is -2.55. The summed E-state index contributed by atoms with van der Waals surface area (Å²) in [4.78, 5) is 26.2. The SMILES string of the molecule is CNC(=O)COc1ccc2c(c1)O[C@](C)(CCC=C(C)C)[C@H]1CC3(CCN(C(=O)OC(C)(C)C)CC3)CO[C@H]21. The van der Waals surface area contributed by atoms with E-state index in [-0.39, 0.29) is 36.0 Å². The zero-order valence-corrected chi connectivity index (χ0v) is 24.7. The van der Waals surface area contributed by atoms with Crippen molar-refractivity contribution in [3.63, 3.8) is 0 Å². The van der Waals surface area contributed by atoms with Crippen LogP contribution >= 0.6 is 0 Å². The molecule has 0 aliphatic carbocycles. The number of fused-ring (bicyclic) bond motifs is 3. The van der Waals surface area contributed by atoms with E-state index in [4.69, 9.17) is 18.9 Å². The highest BCUT2D eigenvalue weighted by atomic mass is 16.6. The van der Waals surface area contributed by atoms with Gasteiger partial charge in [0, 0.05) is 37.7 Å². The van der Waals surface area contributed by atoms with Gasteiger partial charge < -0.3 is 29.2 Å². The fraction of sp³-hybridized carbons (Fsp3) is 0.677. The first-order valence-corrected chi connectivity index (χ1v) is 14.2. The van der Waals surface area contributed by atoms with E-state index in [1.165, 1.54) is 5.57 Å². The number of nitrogens with one attached hydrogen (secondary N) is 1. The summed E-state index contributed by atoms with van der Waals surface area (Å²) < 4.78 is 24.9. The molecule has 1 spiro atoms. The Bertz CT molecular complexity index is 1080. The van der Waals surface area contributed by atoms with Gasteiger partial charge in [0.15, 0.2) is 6.61 Å². The molecule has 0 aromatic heterocycles. The third kappa shape index (κ3) is 6.89. The smallest absolute Gasteiger partial charge is 0.410 e. The van der Waals surface area contributed by atoms with Crippen molar-refractivity contribution >= 4 is 12.0 Å². The highest BCUT2D eigenvalue weighted by Crippen LogP contribution is 2.57. The Morgan fingerprint density at radius 2 is 1.92 bits per heavy atom. The van der Waals surface area contributed by atoms with Crippen molar-refractivity contribution in [1.82, 2.24) is 10.2 Å². The van der Waals surface area contributed by atoms with Crippen molar-refractivity contribution in [3.8, 4) is 11.5 Å². The molecule has 1 aromatic rings. The molecule has 0 unspecified atom stereocenters. The minimum absolute atomic E-state index is 0.00881. The lowest BCUT2D eigenvalue weighted by molar-refractivity contribution is -0.179. The average Bonchev–Trinajstić information content (AvgIpc) is 2.86. The van der Waals surface area contributed by atoms with E-state index in [2.05, 4.69) is 32.2 Å². The van der Waals surface area contributed by atoms with Gasteiger partial charge in [0.05, 0.1) is 12.7 Å². The van der Waals surface area contributed by atoms with Crippen LogP contribution in [0, 0.1) is 11.3 Å². The minimum Gasteiger partial charge on any atom is -0.487 e. The number of likely N-dealkylation sites (tertiary alicyclic amines) is 1. The topological polar surface area (TPSA) is 86.3 Å². The number of likely N-dealkylation sites (N-methyl/N-ethyl adjacent to an activating group) is 1. The zero-order valence-electron chi connectivity index (χ0n) is 24.7. The molecule has 3 aliphatic heterocycles. The number of hydrogen-bond acceptors (Lipinski definition) is 6. The number of hydrogen-bond donors (Lipinski definition) is 1. The summed E-state index contributed by atoms with van der Waals surface area (Å²) >= 11 is 0. The minimum atomic E-state index is -0.499. The average molecular weight is 543 g/mol. The molecule has 8 heteroatoms. The van der Waals surface area contributed by atoms with E-state index in [0.29, 0.717) is 25.4 Å². The summed E-state index contributed by atoms with van der Waals surface area (Å²) in [6, 6.07) is 5.80. The lowest BCUT2D eigenvalue weighted by Crippen LogP contribution is -2.56. The molecule has 3 heterocycles. The monoisotopic (exact) mass is 542 g/mol. The molecule has 0 bridgehead atoms. The lowest BCUT2D eigenvalue weighted by atomic mass is 9.63. The number of carbonyl (C=O) groups is 2. The van der Waals surface area contributed by atoms with Gasteiger partial charge in [-0.15, -0.1) is 0 Å². The van der Waals surface area contributed by atoms with Crippen LogP contribution in [0.25, 0.3) is 0 Å². The first-order valence-electron chi connectivity index (χ1n) is 14.2. The van der Waals surface area contributed by atoms with Crippen molar-refractivity contribution in [2.24, 2.45) is 11.3 Å². The van der Waals surface area contributed by atoms with Gasteiger partial charge in [-0.3, -0.25) is 4.79 Å². The fourth-order valence-corrected chi connectivity index (χ4v) is 6.06. The largest absolute Gasteiger partial charge is 0.487 e. The number of piperidine rings is 1. The Balaban J connectivity index is 1.54. The zero-order chi connectivity index (χ0) is 28.4. The second-order valence-electron chi connectivity index (χ2n) is 12.9. The van der Waals surface area contributed by atoms with E-state index >= 15 is 0 Å². The third-order valence-corrected chi connectivity index (χ3v) is 8.32. The van der Waals surface area contributed by atoms with E-state index in [1.807, 2.05) is 43.9 Å². The first kappa shape index (κ1) is 29.2. The molecule has 0 radical (unpaired) electrons. The second-order valence-corrected chi connectivity index (χ2v) is 12.9. The molecule has 4 rings (SSSR count). The fourth-order valence-electron chi connectivity index (χ4n) is 6.06. The van der Waals surface area contributed by atoms with Crippen LogP contribution in [0.1, 0.15) is 85.3 Å². The number of benzene rings is 1. The molecule has 2 saturated heterocycles. The van der Waals surface area contributed by atoms with Crippen LogP contribution in [0.4, 0.5) is 4.79 Å². The molecule has 3 aliphatic rings. The van der Waals surface area contributed by atoms with Crippen LogP contribution in [-0.2, 0) is 14.3 Å². The van der Waals surface area contributed by atoms with Crippen LogP contribution in [0.3, 0.4) is 0 Å². The van der Waals surface area contributed by atoms with Gasteiger partial charge >= 0.3 is 6.09 Å². The van der Waals surface area contributed by atoms with Crippen LogP contribution < -0.4 is 14.8 Å². The van der Waals surface area contributed by atoms with Gasteiger partial charge in [-0.1, -0.05) is 11.6 Å². The summed E-state index contributed by atoms with van der Waals surface area (Å²) in [5, 5.41) is 2.58. The molecule has 8 nitrogen and oxygen atoms in total. The quantitative estimate of drug-likeness (QED) is 0.457. The summed E-state index contributed by atoms with van der Waals surface area (Å²) in [6.45, 7) is 14.1. The summed E-state index contributed by atoms with van der Waals surface area (Å²) in [5.74, 6) is 1.36. The van der Waals surface area contributed by atoms with Crippen LogP contribution in [0.5, 0.6) is 11.5 Å². The standard InChI is InChI=1S/C31H46N2O6/c1-21(2)9-8-12-30(6)24-18-31(13-15-33(16-14-31)28(35)39-29(3,4)5)20-37-27(24)23-11-10-22(17-25(23)38-30)36-19-26(34)32-7/h9-11,17,24,27H,8,12-16,18-20H2,1-7H3,(H,32,34)/t24-,27+,30+/m0/s1. The molecular weight excluding hydrogens is 496 g/mol. The molecule has 216 valence electrons. The van der Waals surface area contributed by atoms with Gasteiger partial charge in [0.1, 0.15) is 22.7 Å². The van der Waals surface area contributed by atoms with Gasteiger partial charge in [-0.05, 0) is 91.2 Å². The van der Waals surface area contributed by atoms with Gasteiger partial charge in [-0.25, -0.2) is 4.79 Å². The van der Waals surface area contributed by atoms with Crippen molar-refractivity contribution < 1.29 is 28.5 Å². The Morgan fingerprint density at radius 3 is 2.56 bits per heavy atom. The number of ether oxygens (including phenoxy) is 4. The maximum absolute atomic E-state index is 12.7. The molecule has 39 heavy (non-hydrogen) atoms. The number of allylic oxidation sites excluding steroid dienone is 2. The van der Waals surface area contributed by atoms with E-state index in [1.54, 1.807) is 7.05 Å². The predicted octanol–water partition coefficient (Wildman–Crippen LogP) is 5.80. The van der Waals surface area contributed by atoms with Gasteiger partial charge in [-0.2, -0.15) is 0 Å². The van der Waals surface area contributed by atoms with Crippen molar-refractivity contribution in [2.75, 3.05) is 33.4 Å². The second kappa shape index (κ2) is 11.4. The Labute approximate surface area is 233 Å². The molecule has 2 fully saturated rings. The summed E-state index contributed by atoms with van der Waals surface area (Å²) in [6.07, 6.45) is 6.50. The van der Waals surface area contributed by atoms with E-state index in [0.717, 1.165) is 43.4 Å². The van der Waals surface area contributed by atoms with Crippen LogP contribution in [0.2, 0.25) is 0 Å². The van der Waals surface area contributed by atoms with E-state index in [9.17, 15) is 9.59 Å². The number of nitrogens with zero attached hydrogens (tertiary/aromatic N) is 1. The van der Waals surface area contributed by atoms with Crippen LogP contribution in [-0.4, -0.2) is 61.5 Å². The molecule has 2 amide bonds. The highest BCUT2D eigenvalue weighted by molar-refractivity contribution is 5.77. The Kier molecular flexibility index (Phi) is 8.55. The normalized spacial score (nSPS) is 25.6. The maximum Gasteiger partial charge on any atom is 0.410 e. The molecular formula is C31H46N2O6. The van der Waals surface area contributed by atoms with Crippen molar-refractivity contribution in [3.05, 3.63) is 35.4 Å². The number of rotatable bonds is 6. The predicted molar refractivity (Wildman–Crippen MR) is 150 cm³/mol. The number of amides is 2. The molecule has 0 saturated carbocycles. The van der Waals surface area contributed by atoms with Crippen molar-refractivity contribution in [1.29, 1.82) is 0 Å². The number of carbonyl (C=O) groups excluding carboxylic acids is 2. The highest BCUT2D eigenvalue weighted by Gasteiger charge is 2.54.